The average Bonchev–Trinajstić information content (AvgIpc) is 2.69. The van der Waals surface area contributed by atoms with Gasteiger partial charge in [0.2, 0.25) is 0 Å². The Bertz CT molecular complexity index is 559. The summed E-state index contributed by atoms with van der Waals surface area (Å²) in [5, 5.41) is 26.6. The zero-order chi connectivity index (χ0) is 11.5. The van der Waals surface area contributed by atoms with Crippen LogP contribution < -0.4 is 0 Å². The van der Waals surface area contributed by atoms with Gasteiger partial charge in [-0.15, -0.1) is 0 Å². The van der Waals surface area contributed by atoms with Gasteiger partial charge in [-0.2, -0.15) is 5.10 Å². The quantitative estimate of drug-likeness (QED) is 0.604. The fraction of sp³-hybridized carbons (Fsp3) is 0.100. The number of H-pyrrole nitrogens is 1. The zero-order valence-electron chi connectivity index (χ0n) is 8.25. The highest BCUT2D eigenvalue weighted by atomic mass is 16.6. The van der Waals surface area contributed by atoms with E-state index < -0.39 is 4.92 Å². The molecule has 1 aromatic carbocycles. The first-order chi connectivity index (χ1) is 7.74. The van der Waals surface area contributed by atoms with E-state index in [-0.39, 0.29) is 12.3 Å². The molecule has 0 spiro atoms. The van der Waals surface area contributed by atoms with E-state index >= 15 is 0 Å². The highest BCUT2D eigenvalue weighted by molar-refractivity contribution is 5.92. The number of hydrogen-bond donors (Lipinski definition) is 2. The molecular weight excluding hydrogens is 210 g/mol. The van der Waals surface area contributed by atoms with Gasteiger partial charge in [0.15, 0.2) is 5.52 Å². The average molecular weight is 219 g/mol. The number of aliphatic hydroxyl groups is 1. The van der Waals surface area contributed by atoms with Crippen LogP contribution in [0.1, 0.15) is 5.69 Å². The minimum atomic E-state index is -0.470. The van der Waals surface area contributed by atoms with Crippen LogP contribution in [0.5, 0.6) is 0 Å². The first-order valence-electron chi connectivity index (χ1n) is 4.63. The SMILES string of the molecule is O=[N+]([O-])c1cccc2c(C=CCO)[nH]nc12. The summed E-state index contributed by atoms with van der Waals surface area (Å²) in [4.78, 5) is 10.3. The fourth-order valence-corrected chi connectivity index (χ4v) is 1.49. The normalized spacial score (nSPS) is 11.3. The molecule has 0 saturated heterocycles. The number of hydrogen-bond acceptors (Lipinski definition) is 4. The summed E-state index contributed by atoms with van der Waals surface area (Å²) in [6.45, 7) is -0.0879. The maximum Gasteiger partial charge on any atom is 0.297 e. The van der Waals surface area contributed by atoms with E-state index in [1.165, 1.54) is 12.1 Å². The van der Waals surface area contributed by atoms with Crippen LogP contribution in [0.2, 0.25) is 0 Å². The topological polar surface area (TPSA) is 92.0 Å². The first-order valence-corrected chi connectivity index (χ1v) is 4.63. The number of nitrogens with one attached hydrogen (secondary N) is 1. The van der Waals surface area contributed by atoms with E-state index in [1.54, 1.807) is 18.2 Å². The van der Waals surface area contributed by atoms with E-state index in [2.05, 4.69) is 10.2 Å². The van der Waals surface area contributed by atoms with Gasteiger partial charge < -0.3 is 5.11 Å². The molecule has 0 atom stereocenters. The Hall–Kier alpha value is -2.21. The largest absolute Gasteiger partial charge is 0.392 e. The van der Waals surface area contributed by atoms with E-state index in [1.807, 2.05) is 0 Å². The molecule has 6 heteroatoms. The van der Waals surface area contributed by atoms with E-state index in [0.717, 1.165) is 0 Å². The molecule has 0 unspecified atom stereocenters. The number of rotatable bonds is 3. The van der Waals surface area contributed by atoms with Crippen LogP contribution in [-0.2, 0) is 0 Å². The fourth-order valence-electron chi connectivity index (χ4n) is 1.49. The van der Waals surface area contributed by atoms with Crippen LogP contribution in [-0.4, -0.2) is 26.8 Å². The molecule has 2 aromatic rings. The van der Waals surface area contributed by atoms with Gasteiger partial charge in [0.05, 0.1) is 17.2 Å². The number of fused-ring (bicyclic) bond motifs is 1. The summed E-state index contributed by atoms with van der Waals surface area (Å²) >= 11 is 0. The molecule has 0 amide bonds. The van der Waals surface area contributed by atoms with Gasteiger partial charge in [-0.3, -0.25) is 15.2 Å². The van der Waals surface area contributed by atoms with Gasteiger partial charge in [0.1, 0.15) is 0 Å². The number of para-hydroxylation sites is 1. The number of benzene rings is 1. The van der Waals surface area contributed by atoms with Gasteiger partial charge in [0, 0.05) is 11.5 Å². The monoisotopic (exact) mass is 219 g/mol. The molecule has 6 nitrogen and oxygen atoms in total. The third-order valence-corrected chi connectivity index (χ3v) is 2.18. The van der Waals surface area contributed by atoms with Crippen molar-refractivity contribution in [2.24, 2.45) is 0 Å². The molecule has 1 aromatic heterocycles. The van der Waals surface area contributed by atoms with Gasteiger partial charge in [-0.25, -0.2) is 0 Å². The van der Waals surface area contributed by atoms with E-state index in [0.29, 0.717) is 16.6 Å². The van der Waals surface area contributed by atoms with Gasteiger partial charge >= 0.3 is 0 Å². The lowest BCUT2D eigenvalue weighted by atomic mass is 10.2. The van der Waals surface area contributed by atoms with E-state index in [9.17, 15) is 10.1 Å². The standard InChI is InChI=1S/C10H9N3O3/c14-6-2-4-8-7-3-1-5-9(13(15)16)10(7)12-11-8/h1-5,14H,6H2,(H,11,12). The third kappa shape index (κ3) is 1.66. The number of aromatic amines is 1. The van der Waals surface area contributed by atoms with Crippen molar-refractivity contribution in [3.05, 3.63) is 40.1 Å². The van der Waals surface area contributed by atoms with Gasteiger partial charge in [-0.1, -0.05) is 18.2 Å². The Labute approximate surface area is 90.4 Å². The number of nitro groups is 1. The van der Waals surface area contributed by atoms with Crippen molar-refractivity contribution in [2.45, 2.75) is 0 Å². The second-order valence-electron chi connectivity index (χ2n) is 3.15. The molecule has 0 aliphatic carbocycles. The number of aliphatic hydroxyl groups excluding tert-OH is 1. The van der Waals surface area contributed by atoms with Crippen molar-refractivity contribution in [1.29, 1.82) is 0 Å². The van der Waals surface area contributed by atoms with Crippen molar-refractivity contribution in [2.75, 3.05) is 6.61 Å². The molecule has 0 fully saturated rings. The Morgan fingerprint density at radius 2 is 2.38 bits per heavy atom. The molecule has 82 valence electrons. The summed E-state index contributed by atoms with van der Waals surface area (Å²) < 4.78 is 0. The lowest BCUT2D eigenvalue weighted by Crippen LogP contribution is -1.88. The summed E-state index contributed by atoms with van der Waals surface area (Å²) in [7, 11) is 0. The minimum absolute atomic E-state index is 0.0302. The van der Waals surface area contributed by atoms with Crippen molar-refractivity contribution < 1.29 is 10.0 Å². The molecule has 0 aliphatic rings. The molecule has 0 radical (unpaired) electrons. The van der Waals surface area contributed by atoms with Gasteiger partial charge in [-0.05, 0) is 6.08 Å². The van der Waals surface area contributed by atoms with Crippen LogP contribution in [0, 0.1) is 10.1 Å². The highest BCUT2D eigenvalue weighted by Crippen LogP contribution is 2.25. The summed E-state index contributed by atoms with van der Waals surface area (Å²) in [5.74, 6) is 0. The number of nitrogens with zero attached hydrogens (tertiary/aromatic N) is 2. The number of non-ortho nitro benzene ring substituents is 1. The number of nitro benzene ring substituents is 1. The molecular formula is C10H9N3O3. The maximum absolute atomic E-state index is 10.7. The molecule has 1 heterocycles. The van der Waals surface area contributed by atoms with Gasteiger partial charge in [0.25, 0.3) is 5.69 Å². The summed E-state index contributed by atoms with van der Waals surface area (Å²) in [6.07, 6.45) is 3.17. The Balaban J connectivity index is 2.61. The predicted octanol–water partition coefficient (Wildman–Crippen LogP) is 1.48. The maximum atomic E-state index is 10.7. The zero-order valence-corrected chi connectivity index (χ0v) is 8.25. The van der Waals surface area contributed by atoms with Crippen molar-refractivity contribution in [1.82, 2.24) is 10.2 Å². The molecule has 0 bridgehead atoms. The van der Waals surface area contributed by atoms with Crippen LogP contribution >= 0.6 is 0 Å². The Morgan fingerprint density at radius 3 is 3.06 bits per heavy atom. The van der Waals surface area contributed by atoms with Crippen LogP contribution in [0.15, 0.2) is 24.3 Å². The second-order valence-corrected chi connectivity index (χ2v) is 3.15. The highest BCUT2D eigenvalue weighted by Gasteiger charge is 2.15. The molecule has 2 rings (SSSR count). The van der Waals surface area contributed by atoms with E-state index in [4.69, 9.17) is 5.11 Å². The third-order valence-electron chi connectivity index (χ3n) is 2.18. The van der Waals surface area contributed by atoms with Crippen molar-refractivity contribution in [3.63, 3.8) is 0 Å². The lowest BCUT2D eigenvalue weighted by molar-refractivity contribution is -0.383. The predicted molar refractivity (Wildman–Crippen MR) is 58.9 cm³/mol. The molecule has 0 aliphatic heterocycles. The number of aromatic nitrogens is 2. The first kappa shape index (κ1) is 10.3. The summed E-state index contributed by atoms with van der Waals surface area (Å²) in [6, 6.07) is 4.75. The smallest absolute Gasteiger partial charge is 0.297 e. The Kier molecular flexibility index (Phi) is 2.65. The summed E-state index contributed by atoms with van der Waals surface area (Å²) in [5.41, 5.74) is 0.940. The lowest BCUT2D eigenvalue weighted by Gasteiger charge is -1.92. The van der Waals surface area contributed by atoms with Crippen LogP contribution in [0.4, 0.5) is 5.69 Å². The Morgan fingerprint density at radius 1 is 1.56 bits per heavy atom. The second kappa shape index (κ2) is 4.11. The van der Waals surface area contributed by atoms with Crippen molar-refractivity contribution >= 4 is 22.7 Å². The molecule has 2 N–H and O–H groups in total. The molecule has 0 saturated carbocycles. The molecule has 16 heavy (non-hydrogen) atoms. The van der Waals surface area contributed by atoms with Crippen molar-refractivity contribution in [3.8, 4) is 0 Å². The van der Waals surface area contributed by atoms with Crippen LogP contribution in [0.25, 0.3) is 17.0 Å². The minimum Gasteiger partial charge on any atom is -0.392 e. The van der Waals surface area contributed by atoms with Crippen LogP contribution in [0.3, 0.4) is 0 Å².